The minimum absolute atomic E-state index is 0.0434. The third-order valence-corrected chi connectivity index (χ3v) is 3.85. The lowest BCUT2D eigenvalue weighted by atomic mass is 10.2. The summed E-state index contributed by atoms with van der Waals surface area (Å²) < 4.78 is 72.6. The van der Waals surface area contributed by atoms with Crippen LogP contribution < -0.4 is 4.74 Å². The zero-order chi connectivity index (χ0) is 17.7. The Morgan fingerprint density at radius 2 is 1.83 bits per heavy atom. The summed E-state index contributed by atoms with van der Waals surface area (Å²) >= 11 is 0. The maximum absolute atomic E-state index is 12.2. The second kappa shape index (κ2) is 7.69. The van der Waals surface area contributed by atoms with Crippen molar-refractivity contribution in [3.05, 3.63) is 42.2 Å². The first-order valence-electron chi connectivity index (χ1n) is 6.47. The van der Waals surface area contributed by atoms with Gasteiger partial charge < -0.3 is 13.7 Å². The first-order valence-corrected chi connectivity index (χ1v) is 7.88. The molecule has 0 aromatic heterocycles. The minimum Gasteiger partial charge on any atom is -0.497 e. The second-order valence-electron chi connectivity index (χ2n) is 4.71. The number of rotatable bonds is 8. The molecule has 130 valence electrons. The summed E-state index contributed by atoms with van der Waals surface area (Å²) in [6, 6.07) is 7.01. The van der Waals surface area contributed by atoms with Gasteiger partial charge >= 0.3 is 15.6 Å². The van der Waals surface area contributed by atoms with Gasteiger partial charge in [-0.3, -0.25) is 0 Å². The Hall–Kier alpha value is -1.74. The van der Waals surface area contributed by atoms with Crippen LogP contribution in [-0.4, -0.2) is 27.6 Å². The molecule has 0 N–H and O–H groups in total. The van der Waals surface area contributed by atoms with Crippen LogP contribution in [-0.2, 0) is 25.6 Å². The van der Waals surface area contributed by atoms with E-state index in [-0.39, 0.29) is 13.2 Å². The Morgan fingerprint density at radius 1 is 1.26 bits per heavy atom. The standard InChI is InChI=1S/C14H17F3O5S/c1-10(11(2)22-23(18,19)14(15,16)17)8-21-9-12-4-6-13(20-3)7-5-12/h4-7,10H,2,8-9H2,1,3H3/t10-/m0/s1. The van der Waals surface area contributed by atoms with Gasteiger partial charge in [0.25, 0.3) is 0 Å². The number of benzene rings is 1. The van der Waals surface area contributed by atoms with Crippen molar-refractivity contribution < 1.29 is 35.2 Å². The van der Waals surface area contributed by atoms with E-state index < -0.39 is 27.3 Å². The summed E-state index contributed by atoms with van der Waals surface area (Å²) in [6.07, 6.45) is 0. The highest BCUT2D eigenvalue weighted by Gasteiger charge is 2.48. The van der Waals surface area contributed by atoms with Gasteiger partial charge in [0.1, 0.15) is 11.5 Å². The van der Waals surface area contributed by atoms with E-state index in [0.717, 1.165) is 5.56 Å². The topological polar surface area (TPSA) is 61.8 Å². The smallest absolute Gasteiger partial charge is 0.497 e. The molecule has 0 aliphatic rings. The number of methoxy groups -OCH3 is 1. The van der Waals surface area contributed by atoms with Crippen molar-refractivity contribution in [1.82, 2.24) is 0 Å². The number of alkyl halides is 3. The molecular formula is C14H17F3O5S. The quantitative estimate of drug-likeness (QED) is 0.407. The molecule has 9 heteroatoms. The molecule has 1 atom stereocenters. The summed E-state index contributed by atoms with van der Waals surface area (Å²) in [5, 5.41) is 0. The van der Waals surface area contributed by atoms with E-state index in [1.54, 1.807) is 24.3 Å². The molecule has 23 heavy (non-hydrogen) atoms. The Bertz CT molecular complexity index is 623. The first kappa shape index (κ1) is 19.3. The molecule has 1 aromatic carbocycles. The molecule has 0 aliphatic heterocycles. The molecule has 1 aromatic rings. The van der Waals surface area contributed by atoms with E-state index in [9.17, 15) is 21.6 Å². The fraction of sp³-hybridized carbons (Fsp3) is 0.429. The number of hydrogen-bond acceptors (Lipinski definition) is 5. The van der Waals surface area contributed by atoms with Crippen molar-refractivity contribution in [2.24, 2.45) is 5.92 Å². The Labute approximate surface area is 132 Å². The lowest BCUT2D eigenvalue weighted by molar-refractivity contribution is -0.0529. The zero-order valence-corrected chi connectivity index (χ0v) is 13.4. The van der Waals surface area contributed by atoms with Crippen LogP contribution in [0, 0.1) is 5.92 Å². The van der Waals surface area contributed by atoms with Gasteiger partial charge in [-0.15, -0.1) is 0 Å². The molecule has 0 amide bonds. The normalized spacial score (nSPS) is 13.4. The molecule has 0 saturated carbocycles. The highest BCUT2D eigenvalue weighted by molar-refractivity contribution is 7.87. The second-order valence-corrected chi connectivity index (χ2v) is 6.25. The van der Waals surface area contributed by atoms with Crippen LogP contribution in [0.2, 0.25) is 0 Å². The Balaban J connectivity index is 2.46. The molecule has 0 aliphatic carbocycles. The lowest BCUT2D eigenvalue weighted by Crippen LogP contribution is -2.26. The SMILES string of the molecule is C=C(OS(=O)(=O)C(F)(F)F)[C@@H](C)COCc1ccc(OC)cc1. The highest BCUT2D eigenvalue weighted by atomic mass is 32.2. The van der Waals surface area contributed by atoms with Gasteiger partial charge in [0.05, 0.1) is 20.3 Å². The van der Waals surface area contributed by atoms with E-state index >= 15 is 0 Å². The van der Waals surface area contributed by atoms with E-state index in [0.29, 0.717) is 5.75 Å². The predicted octanol–water partition coefficient (Wildman–Crippen LogP) is 3.23. The van der Waals surface area contributed by atoms with Crippen LogP contribution in [0.4, 0.5) is 13.2 Å². The fourth-order valence-corrected chi connectivity index (χ4v) is 1.98. The van der Waals surface area contributed by atoms with Gasteiger partial charge in [-0.05, 0) is 17.7 Å². The monoisotopic (exact) mass is 354 g/mol. The van der Waals surface area contributed by atoms with Crippen molar-refractivity contribution in [1.29, 1.82) is 0 Å². The zero-order valence-electron chi connectivity index (χ0n) is 12.6. The Morgan fingerprint density at radius 3 is 2.30 bits per heavy atom. The van der Waals surface area contributed by atoms with Gasteiger partial charge in [0, 0.05) is 5.92 Å². The highest BCUT2D eigenvalue weighted by Crippen LogP contribution is 2.28. The molecule has 5 nitrogen and oxygen atoms in total. The molecule has 1 rings (SSSR count). The molecule has 0 spiro atoms. The lowest BCUT2D eigenvalue weighted by Gasteiger charge is -2.16. The van der Waals surface area contributed by atoms with E-state index in [4.69, 9.17) is 9.47 Å². The number of ether oxygens (including phenoxy) is 2. The van der Waals surface area contributed by atoms with Crippen molar-refractivity contribution in [2.75, 3.05) is 13.7 Å². The molecule has 0 saturated heterocycles. The number of hydrogen-bond donors (Lipinski definition) is 0. The first-order chi connectivity index (χ1) is 10.6. The molecule has 0 heterocycles. The van der Waals surface area contributed by atoms with Crippen molar-refractivity contribution in [2.45, 2.75) is 19.0 Å². The van der Waals surface area contributed by atoms with Crippen LogP contribution in [0.5, 0.6) is 5.75 Å². The van der Waals surface area contributed by atoms with Crippen LogP contribution in [0.3, 0.4) is 0 Å². The molecule has 0 radical (unpaired) electrons. The predicted molar refractivity (Wildman–Crippen MR) is 77.0 cm³/mol. The molecule has 0 unspecified atom stereocenters. The van der Waals surface area contributed by atoms with E-state index in [1.807, 2.05) is 0 Å². The average molecular weight is 354 g/mol. The Kier molecular flexibility index (Phi) is 6.46. The third-order valence-electron chi connectivity index (χ3n) is 2.85. The van der Waals surface area contributed by atoms with Crippen molar-refractivity contribution in [3.63, 3.8) is 0 Å². The van der Waals surface area contributed by atoms with Crippen molar-refractivity contribution >= 4 is 10.1 Å². The fourth-order valence-electron chi connectivity index (χ4n) is 1.44. The largest absolute Gasteiger partial charge is 0.534 e. The van der Waals surface area contributed by atoms with Crippen LogP contribution in [0.1, 0.15) is 12.5 Å². The summed E-state index contributed by atoms with van der Waals surface area (Å²) in [6.45, 7) is 4.81. The van der Waals surface area contributed by atoms with E-state index in [2.05, 4.69) is 10.8 Å². The van der Waals surface area contributed by atoms with Crippen LogP contribution >= 0.6 is 0 Å². The van der Waals surface area contributed by atoms with Crippen LogP contribution in [0.25, 0.3) is 0 Å². The van der Waals surface area contributed by atoms with E-state index in [1.165, 1.54) is 14.0 Å². The summed E-state index contributed by atoms with van der Waals surface area (Å²) in [7, 11) is -4.16. The van der Waals surface area contributed by atoms with Gasteiger partial charge in [-0.2, -0.15) is 21.6 Å². The molecule has 0 bridgehead atoms. The van der Waals surface area contributed by atoms with Gasteiger partial charge in [0.15, 0.2) is 0 Å². The maximum atomic E-state index is 12.2. The van der Waals surface area contributed by atoms with Gasteiger partial charge in [0.2, 0.25) is 0 Å². The summed E-state index contributed by atoms with van der Waals surface area (Å²) in [4.78, 5) is 0. The minimum atomic E-state index is -5.70. The van der Waals surface area contributed by atoms with Gasteiger partial charge in [-0.25, -0.2) is 0 Å². The third kappa shape index (κ3) is 5.76. The van der Waals surface area contributed by atoms with Crippen LogP contribution in [0.15, 0.2) is 36.6 Å². The van der Waals surface area contributed by atoms with Crippen molar-refractivity contribution in [3.8, 4) is 5.75 Å². The van der Waals surface area contributed by atoms with Gasteiger partial charge in [-0.1, -0.05) is 25.6 Å². The molecule has 0 fully saturated rings. The number of halogens is 3. The summed E-state index contributed by atoms with van der Waals surface area (Å²) in [5.74, 6) is -0.580. The maximum Gasteiger partial charge on any atom is 0.534 e. The average Bonchev–Trinajstić information content (AvgIpc) is 2.46. The molecular weight excluding hydrogens is 337 g/mol. The summed E-state index contributed by atoms with van der Waals surface area (Å²) in [5.41, 5.74) is -4.66.